The molecule has 1 aliphatic carbocycles. The van der Waals surface area contributed by atoms with Crippen molar-refractivity contribution in [1.82, 2.24) is 24.8 Å². The number of halogens is 1. The number of H-pyrrole nitrogens is 1. The van der Waals surface area contributed by atoms with Crippen LogP contribution in [-0.4, -0.2) is 54.9 Å². The van der Waals surface area contributed by atoms with Gasteiger partial charge in [0.05, 0.1) is 39.0 Å². The van der Waals surface area contributed by atoms with Crippen LogP contribution in [0.25, 0.3) is 34.4 Å². The minimum atomic E-state index is -0.837. The second kappa shape index (κ2) is 10.8. The number of amides is 1. The van der Waals surface area contributed by atoms with E-state index < -0.39 is 5.97 Å². The van der Waals surface area contributed by atoms with Crippen LogP contribution in [0.5, 0.6) is 0 Å². The minimum absolute atomic E-state index is 0.0697. The smallest absolute Gasteiger partial charge is 0.303 e. The number of hydrogen-bond acceptors (Lipinski definition) is 5. The molecule has 9 heteroatoms. The van der Waals surface area contributed by atoms with Gasteiger partial charge in [-0.15, -0.1) is 0 Å². The molecular weight excluding hydrogens is 509 g/mol. The van der Waals surface area contributed by atoms with E-state index >= 15 is 0 Å². The summed E-state index contributed by atoms with van der Waals surface area (Å²) in [5.41, 5.74) is 3.82. The first-order valence-electron chi connectivity index (χ1n) is 13.5. The lowest BCUT2D eigenvalue weighted by Gasteiger charge is -2.38. The van der Waals surface area contributed by atoms with E-state index in [4.69, 9.17) is 20.1 Å². The highest BCUT2D eigenvalue weighted by molar-refractivity contribution is 5.98. The number of aliphatic carboxylic acids is 1. The molecule has 0 bridgehead atoms. The van der Waals surface area contributed by atoms with Crippen molar-refractivity contribution in [1.29, 1.82) is 0 Å². The molecule has 1 aliphatic heterocycles. The standard InChI is InChI=1S/C31H28FN5O3/c32-22-13-10-19(11-14-22)29-26(8-4-5-9-28(38)39)33-27-16-20(12-15-25(27)34-29)31(40)37-17-21(18-37)30-35-23-6-2-1-3-7-24(23)36-30/h1-2,6-7,10-16,21H,3-5,8-9,17-18H2,(H,35,36)(H,38,39). The molecule has 8 nitrogen and oxygen atoms in total. The first kappa shape index (κ1) is 25.6. The van der Waals surface area contributed by atoms with Gasteiger partial charge in [0.2, 0.25) is 0 Å². The van der Waals surface area contributed by atoms with Gasteiger partial charge in [0.15, 0.2) is 0 Å². The van der Waals surface area contributed by atoms with Gasteiger partial charge in [-0.1, -0.05) is 18.2 Å². The normalized spacial score (nSPS) is 14.7. The van der Waals surface area contributed by atoms with Crippen LogP contribution in [0.1, 0.15) is 53.5 Å². The van der Waals surface area contributed by atoms with Gasteiger partial charge in [0.25, 0.3) is 5.91 Å². The number of carboxylic acid groups (broad SMARTS) is 1. The van der Waals surface area contributed by atoms with Crippen LogP contribution < -0.4 is 10.7 Å². The maximum absolute atomic E-state index is 13.6. The number of imidazole rings is 1. The number of benzene rings is 2. The molecule has 1 saturated heterocycles. The molecule has 3 heterocycles. The number of nitrogens with one attached hydrogen (secondary N) is 1. The molecule has 2 aromatic heterocycles. The molecule has 2 N–H and O–H groups in total. The van der Waals surface area contributed by atoms with Gasteiger partial charge in [-0.05, 0) is 74.2 Å². The molecule has 0 saturated carbocycles. The van der Waals surface area contributed by atoms with E-state index in [9.17, 15) is 14.0 Å². The van der Waals surface area contributed by atoms with Crippen molar-refractivity contribution in [2.24, 2.45) is 0 Å². The molecule has 0 unspecified atom stereocenters. The van der Waals surface area contributed by atoms with Crippen molar-refractivity contribution in [3.8, 4) is 11.3 Å². The van der Waals surface area contributed by atoms with E-state index in [0.717, 1.165) is 28.5 Å². The number of hydrogen-bond donors (Lipinski definition) is 2. The van der Waals surface area contributed by atoms with E-state index in [1.165, 1.54) is 12.1 Å². The van der Waals surface area contributed by atoms with E-state index in [1.807, 2.05) is 12.2 Å². The Morgan fingerprint density at radius 2 is 1.85 bits per heavy atom. The lowest BCUT2D eigenvalue weighted by atomic mass is 9.98. The Bertz CT molecular complexity index is 1750. The summed E-state index contributed by atoms with van der Waals surface area (Å²) in [6, 6.07) is 11.4. The van der Waals surface area contributed by atoms with Crippen molar-refractivity contribution >= 4 is 35.1 Å². The van der Waals surface area contributed by atoms with Crippen molar-refractivity contribution in [3.63, 3.8) is 0 Å². The molecule has 0 radical (unpaired) electrons. The SMILES string of the molecule is O=C(O)CCCCc1nc2cc(C(=O)N3CC(c4nc5c([nH]4)=CC=CCC=5)C3)ccc2nc1-c1ccc(F)cc1. The lowest BCUT2D eigenvalue weighted by molar-refractivity contribution is -0.137. The molecule has 6 rings (SSSR count). The summed E-state index contributed by atoms with van der Waals surface area (Å²) >= 11 is 0. The summed E-state index contributed by atoms with van der Waals surface area (Å²) in [6.07, 6.45) is 10.8. The number of unbranched alkanes of at least 4 members (excludes halogenated alkanes) is 1. The summed E-state index contributed by atoms with van der Waals surface area (Å²) < 4.78 is 13.6. The summed E-state index contributed by atoms with van der Waals surface area (Å²) in [6.45, 7) is 1.17. The number of carbonyl (C=O) groups excluding carboxylic acids is 1. The van der Waals surface area contributed by atoms with Crippen LogP contribution in [0.15, 0.2) is 54.6 Å². The number of likely N-dealkylation sites (tertiary alicyclic amines) is 1. The number of aromatic amines is 1. The largest absolute Gasteiger partial charge is 0.481 e. The van der Waals surface area contributed by atoms with Gasteiger partial charge >= 0.3 is 5.97 Å². The summed E-state index contributed by atoms with van der Waals surface area (Å²) in [5, 5.41) is 10.9. The molecule has 0 spiro atoms. The summed E-state index contributed by atoms with van der Waals surface area (Å²) in [5.74, 6) is -0.178. The first-order valence-corrected chi connectivity index (χ1v) is 13.5. The predicted octanol–water partition coefficient (Wildman–Crippen LogP) is 3.72. The number of allylic oxidation sites excluding steroid dienone is 2. The van der Waals surface area contributed by atoms with Crippen LogP contribution in [0.3, 0.4) is 0 Å². The second-order valence-corrected chi connectivity index (χ2v) is 10.2. The van der Waals surface area contributed by atoms with Crippen LogP contribution in [0.4, 0.5) is 4.39 Å². The maximum atomic E-state index is 13.6. The van der Waals surface area contributed by atoms with Gasteiger partial charge in [0, 0.05) is 30.6 Å². The lowest BCUT2D eigenvalue weighted by Crippen LogP contribution is -2.49. The third kappa shape index (κ3) is 5.27. The molecule has 202 valence electrons. The number of rotatable bonds is 8. The third-order valence-electron chi connectivity index (χ3n) is 7.34. The zero-order valence-electron chi connectivity index (χ0n) is 21.8. The number of aryl methyl sites for hydroxylation is 1. The van der Waals surface area contributed by atoms with Crippen LogP contribution in [-0.2, 0) is 11.2 Å². The number of nitrogens with zero attached hydrogens (tertiary/aromatic N) is 4. The monoisotopic (exact) mass is 537 g/mol. The van der Waals surface area contributed by atoms with Gasteiger partial charge in [0.1, 0.15) is 11.6 Å². The average molecular weight is 538 g/mol. The zero-order valence-corrected chi connectivity index (χ0v) is 21.8. The number of carbonyl (C=O) groups is 2. The number of fused-ring (bicyclic) bond motifs is 2. The van der Waals surface area contributed by atoms with E-state index in [1.54, 1.807) is 35.2 Å². The van der Waals surface area contributed by atoms with E-state index in [0.29, 0.717) is 60.3 Å². The summed E-state index contributed by atoms with van der Waals surface area (Å²) in [4.78, 5) is 43.8. The molecule has 2 aromatic carbocycles. The minimum Gasteiger partial charge on any atom is -0.481 e. The Morgan fingerprint density at radius 1 is 1.02 bits per heavy atom. The van der Waals surface area contributed by atoms with Gasteiger partial charge in [-0.25, -0.2) is 19.3 Å². The summed E-state index contributed by atoms with van der Waals surface area (Å²) in [7, 11) is 0. The highest BCUT2D eigenvalue weighted by atomic mass is 19.1. The fourth-order valence-electron chi connectivity index (χ4n) is 5.12. The molecule has 4 aromatic rings. The molecular formula is C31H28FN5O3. The fourth-order valence-corrected chi connectivity index (χ4v) is 5.12. The van der Waals surface area contributed by atoms with Crippen molar-refractivity contribution < 1.29 is 19.1 Å². The second-order valence-electron chi connectivity index (χ2n) is 10.2. The van der Waals surface area contributed by atoms with Crippen LogP contribution >= 0.6 is 0 Å². The molecule has 1 fully saturated rings. The first-order chi connectivity index (χ1) is 19.4. The van der Waals surface area contributed by atoms with Crippen molar-refractivity contribution in [2.75, 3.05) is 13.1 Å². The number of aromatic nitrogens is 4. The zero-order chi connectivity index (χ0) is 27.6. The van der Waals surface area contributed by atoms with E-state index in [2.05, 4.69) is 17.1 Å². The highest BCUT2D eigenvalue weighted by Gasteiger charge is 2.34. The van der Waals surface area contributed by atoms with Crippen LogP contribution in [0.2, 0.25) is 0 Å². The van der Waals surface area contributed by atoms with Gasteiger partial charge in [-0.2, -0.15) is 0 Å². The third-order valence-corrected chi connectivity index (χ3v) is 7.34. The Balaban J connectivity index is 1.22. The van der Waals surface area contributed by atoms with Crippen molar-refractivity contribution in [2.45, 2.75) is 38.0 Å². The van der Waals surface area contributed by atoms with Gasteiger partial charge < -0.3 is 15.0 Å². The molecule has 40 heavy (non-hydrogen) atoms. The molecule has 0 atom stereocenters. The Labute approximate surface area is 229 Å². The van der Waals surface area contributed by atoms with Crippen molar-refractivity contribution in [3.05, 3.63) is 88.2 Å². The Kier molecular flexibility index (Phi) is 6.94. The fraction of sp³-hybridized carbons (Fsp3) is 0.258. The van der Waals surface area contributed by atoms with Gasteiger partial charge in [-0.3, -0.25) is 9.59 Å². The maximum Gasteiger partial charge on any atom is 0.303 e. The predicted molar refractivity (Wildman–Crippen MR) is 149 cm³/mol. The van der Waals surface area contributed by atoms with Crippen LogP contribution in [0, 0.1) is 5.82 Å². The Morgan fingerprint density at radius 3 is 2.65 bits per heavy atom. The highest BCUT2D eigenvalue weighted by Crippen LogP contribution is 2.28. The Hall–Kier alpha value is -4.66. The molecule has 2 aliphatic rings. The van der Waals surface area contributed by atoms with E-state index in [-0.39, 0.29) is 24.1 Å². The number of carboxylic acids is 1. The topological polar surface area (TPSA) is 112 Å². The molecule has 1 amide bonds. The average Bonchev–Trinajstić information content (AvgIpc) is 3.18. The quantitative estimate of drug-likeness (QED) is 0.332.